The van der Waals surface area contributed by atoms with Crippen molar-refractivity contribution in [2.45, 2.75) is 24.9 Å². The Morgan fingerprint density at radius 3 is 2.90 bits per heavy atom. The van der Waals surface area contributed by atoms with Crippen LogP contribution < -0.4 is 10.1 Å². The van der Waals surface area contributed by atoms with Crippen LogP contribution in [0.5, 0.6) is 5.75 Å². The van der Waals surface area contributed by atoms with E-state index in [1.54, 1.807) is 6.07 Å². The molecule has 1 aliphatic rings. The first kappa shape index (κ1) is 14.5. The van der Waals surface area contributed by atoms with Crippen LogP contribution in [0.1, 0.15) is 6.42 Å². The molecule has 2 rings (SSSR count). The minimum atomic E-state index is -0.796. The second kappa shape index (κ2) is 6.04. The third-order valence-electron chi connectivity index (χ3n) is 3.12. The molecule has 0 spiro atoms. The van der Waals surface area contributed by atoms with Crippen molar-refractivity contribution in [1.82, 2.24) is 0 Å². The highest BCUT2D eigenvalue weighted by Gasteiger charge is 2.34. The van der Waals surface area contributed by atoms with E-state index < -0.39 is 23.4 Å². The summed E-state index contributed by atoms with van der Waals surface area (Å²) in [7, 11) is 1.43. The standard InChI is InChI=1S/C12H16N2O6/c1-19-7-2-3-8(9(4-7)14(17)18)13-12-5-10(16)11(6-15)20-12/h2-4,10-13,15-16H,5-6H2,1H3/t10-,11-,12-/m0/s1. The molecule has 8 nitrogen and oxygen atoms in total. The zero-order chi connectivity index (χ0) is 14.7. The van der Waals surface area contributed by atoms with E-state index in [4.69, 9.17) is 14.6 Å². The van der Waals surface area contributed by atoms with Crippen molar-refractivity contribution < 1.29 is 24.6 Å². The quantitative estimate of drug-likeness (QED) is 0.532. The van der Waals surface area contributed by atoms with Crippen molar-refractivity contribution in [3.8, 4) is 5.75 Å². The fourth-order valence-electron chi connectivity index (χ4n) is 2.07. The van der Waals surface area contributed by atoms with E-state index in [2.05, 4.69) is 5.32 Å². The largest absolute Gasteiger partial charge is 0.496 e. The Labute approximate surface area is 115 Å². The van der Waals surface area contributed by atoms with Crippen molar-refractivity contribution >= 4 is 11.4 Å². The van der Waals surface area contributed by atoms with E-state index in [0.29, 0.717) is 5.75 Å². The first-order valence-electron chi connectivity index (χ1n) is 6.08. The molecule has 110 valence electrons. The lowest BCUT2D eigenvalue weighted by molar-refractivity contribution is -0.384. The van der Waals surface area contributed by atoms with Gasteiger partial charge in [0.05, 0.1) is 30.8 Å². The molecular weight excluding hydrogens is 268 g/mol. The smallest absolute Gasteiger partial charge is 0.296 e. The van der Waals surface area contributed by atoms with Crippen LogP contribution in [-0.4, -0.2) is 47.3 Å². The van der Waals surface area contributed by atoms with Crippen LogP contribution in [-0.2, 0) is 4.74 Å². The molecule has 0 radical (unpaired) electrons. The summed E-state index contributed by atoms with van der Waals surface area (Å²) in [4.78, 5) is 10.5. The highest BCUT2D eigenvalue weighted by atomic mass is 16.6. The highest BCUT2D eigenvalue weighted by molar-refractivity contribution is 5.64. The summed E-state index contributed by atoms with van der Waals surface area (Å²) in [6.07, 6.45) is -1.82. The Bertz CT molecular complexity index is 495. The maximum Gasteiger partial charge on any atom is 0.296 e. The Morgan fingerprint density at radius 1 is 1.60 bits per heavy atom. The second-order valence-electron chi connectivity index (χ2n) is 4.43. The van der Waals surface area contributed by atoms with Gasteiger partial charge in [0.15, 0.2) is 0 Å². The lowest BCUT2D eigenvalue weighted by Gasteiger charge is -2.15. The van der Waals surface area contributed by atoms with Gasteiger partial charge in [-0.15, -0.1) is 0 Å². The fourth-order valence-corrected chi connectivity index (χ4v) is 2.07. The molecule has 1 saturated heterocycles. The summed E-state index contributed by atoms with van der Waals surface area (Å²) < 4.78 is 10.3. The molecule has 20 heavy (non-hydrogen) atoms. The Kier molecular flexibility index (Phi) is 4.38. The molecule has 0 aliphatic carbocycles. The van der Waals surface area contributed by atoms with Gasteiger partial charge in [-0.05, 0) is 12.1 Å². The third kappa shape index (κ3) is 2.98. The van der Waals surface area contributed by atoms with E-state index in [0.717, 1.165) is 0 Å². The van der Waals surface area contributed by atoms with Crippen molar-refractivity contribution in [2.75, 3.05) is 19.0 Å². The van der Waals surface area contributed by atoms with Crippen LogP contribution in [0.2, 0.25) is 0 Å². The number of hydrogen-bond donors (Lipinski definition) is 3. The van der Waals surface area contributed by atoms with E-state index in [1.807, 2.05) is 0 Å². The van der Waals surface area contributed by atoms with Gasteiger partial charge in [-0.1, -0.05) is 0 Å². The van der Waals surface area contributed by atoms with Gasteiger partial charge in [0, 0.05) is 6.42 Å². The summed E-state index contributed by atoms with van der Waals surface area (Å²) in [5, 5.41) is 32.5. The van der Waals surface area contributed by atoms with Crippen LogP contribution in [0.15, 0.2) is 18.2 Å². The molecule has 0 aromatic heterocycles. The number of benzene rings is 1. The number of methoxy groups -OCH3 is 1. The average molecular weight is 284 g/mol. The first-order chi connectivity index (χ1) is 9.55. The molecular formula is C12H16N2O6. The lowest BCUT2D eigenvalue weighted by Crippen LogP contribution is -2.25. The minimum Gasteiger partial charge on any atom is -0.496 e. The fraction of sp³-hybridized carbons (Fsp3) is 0.500. The molecule has 1 fully saturated rings. The van der Waals surface area contributed by atoms with Gasteiger partial charge in [0.2, 0.25) is 0 Å². The minimum absolute atomic E-state index is 0.144. The van der Waals surface area contributed by atoms with Gasteiger partial charge in [0.25, 0.3) is 5.69 Å². The molecule has 0 unspecified atom stereocenters. The first-order valence-corrected chi connectivity index (χ1v) is 6.08. The zero-order valence-corrected chi connectivity index (χ0v) is 10.9. The summed E-state index contributed by atoms with van der Waals surface area (Å²) in [6.45, 7) is -0.302. The van der Waals surface area contributed by atoms with Crippen LogP contribution in [0.25, 0.3) is 0 Å². The molecule has 1 heterocycles. The van der Waals surface area contributed by atoms with E-state index in [1.165, 1.54) is 19.2 Å². The predicted octanol–water partition coefficient (Wildman–Crippen LogP) is 0.483. The molecule has 0 saturated carbocycles. The maximum atomic E-state index is 11.0. The van der Waals surface area contributed by atoms with Crippen LogP contribution in [0.4, 0.5) is 11.4 Å². The van der Waals surface area contributed by atoms with Gasteiger partial charge < -0.3 is 25.0 Å². The summed E-state index contributed by atoms with van der Waals surface area (Å²) in [6, 6.07) is 4.40. The summed E-state index contributed by atoms with van der Waals surface area (Å²) in [5.41, 5.74) is 0.126. The number of aliphatic hydroxyl groups excluding tert-OH is 2. The zero-order valence-electron chi connectivity index (χ0n) is 10.9. The van der Waals surface area contributed by atoms with Crippen molar-refractivity contribution in [2.24, 2.45) is 0 Å². The lowest BCUT2D eigenvalue weighted by atomic mass is 10.2. The second-order valence-corrected chi connectivity index (χ2v) is 4.43. The molecule has 0 bridgehead atoms. The number of nitro benzene ring substituents is 1. The van der Waals surface area contributed by atoms with Crippen molar-refractivity contribution in [3.05, 3.63) is 28.3 Å². The van der Waals surface area contributed by atoms with E-state index in [9.17, 15) is 15.2 Å². The molecule has 8 heteroatoms. The number of ether oxygens (including phenoxy) is 2. The van der Waals surface area contributed by atoms with Gasteiger partial charge in [0.1, 0.15) is 23.8 Å². The molecule has 1 aliphatic heterocycles. The number of anilines is 1. The number of nitrogens with one attached hydrogen (secondary N) is 1. The van der Waals surface area contributed by atoms with Crippen LogP contribution in [0.3, 0.4) is 0 Å². The topological polar surface area (TPSA) is 114 Å². The number of nitrogens with zero attached hydrogens (tertiary/aromatic N) is 1. The SMILES string of the molecule is COc1ccc(N[C@@H]2C[C@H](O)[C@H](CO)O2)c([N+](=O)[O-])c1. The van der Waals surface area contributed by atoms with Crippen LogP contribution >= 0.6 is 0 Å². The van der Waals surface area contributed by atoms with Gasteiger partial charge in [-0.25, -0.2) is 0 Å². The number of hydrogen-bond acceptors (Lipinski definition) is 7. The predicted molar refractivity (Wildman–Crippen MR) is 69.6 cm³/mol. The number of rotatable bonds is 5. The van der Waals surface area contributed by atoms with Crippen molar-refractivity contribution in [1.29, 1.82) is 0 Å². The molecule has 1 aromatic rings. The van der Waals surface area contributed by atoms with Gasteiger partial charge in [-0.3, -0.25) is 10.1 Å². The number of aliphatic hydroxyl groups is 2. The number of nitro groups is 1. The molecule has 1 aromatic carbocycles. The van der Waals surface area contributed by atoms with Crippen LogP contribution in [0, 0.1) is 10.1 Å². The highest BCUT2D eigenvalue weighted by Crippen LogP contribution is 2.31. The Balaban J connectivity index is 2.15. The average Bonchev–Trinajstić information content (AvgIpc) is 2.79. The third-order valence-corrected chi connectivity index (χ3v) is 3.12. The Hall–Kier alpha value is -1.90. The van der Waals surface area contributed by atoms with E-state index in [-0.39, 0.29) is 24.4 Å². The molecule has 3 atom stereocenters. The normalized spacial score (nSPS) is 25.4. The van der Waals surface area contributed by atoms with E-state index >= 15 is 0 Å². The summed E-state index contributed by atoms with van der Waals surface area (Å²) in [5.74, 6) is 0.378. The Morgan fingerprint density at radius 2 is 2.35 bits per heavy atom. The summed E-state index contributed by atoms with van der Waals surface area (Å²) >= 11 is 0. The van der Waals surface area contributed by atoms with Crippen molar-refractivity contribution in [3.63, 3.8) is 0 Å². The maximum absolute atomic E-state index is 11.0. The van der Waals surface area contributed by atoms with Gasteiger partial charge in [-0.2, -0.15) is 0 Å². The van der Waals surface area contributed by atoms with Gasteiger partial charge >= 0.3 is 0 Å². The monoisotopic (exact) mass is 284 g/mol. The molecule has 0 amide bonds. The molecule has 3 N–H and O–H groups in total.